The summed E-state index contributed by atoms with van der Waals surface area (Å²) >= 11 is 2.58. The van der Waals surface area contributed by atoms with Gasteiger partial charge in [0.15, 0.2) is 11.5 Å². The second-order valence-corrected chi connectivity index (χ2v) is 7.85. The van der Waals surface area contributed by atoms with Gasteiger partial charge in [-0.3, -0.25) is 9.59 Å². The van der Waals surface area contributed by atoms with Crippen molar-refractivity contribution in [1.29, 1.82) is 0 Å². The highest BCUT2D eigenvalue weighted by molar-refractivity contribution is 7.12. The van der Waals surface area contributed by atoms with Gasteiger partial charge >= 0.3 is 5.97 Å². The molecule has 10 heteroatoms. The average Bonchev–Trinajstić information content (AvgIpc) is 3.48. The standard InChI is InChI=1S/C21H19N3O5S2/c1-2-28-16-11-14(7-8-15(16)29-21(27)18-6-4-10-31-18)12-23-24-19(25)13-22-20(26)17-5-3-9-30-17/h3-12H,2,13H2,1H3,(H,22,26)(H,24,25)/b23-12-. The van der Waals surface area contributed by atoms with Crippen LogP contribution < -0.4 is 20.2 Å². The third-order valence-electron chi connectivity index (χ3n) is 3.75. The fourth-order valence-electron chi connectivity index (χ4n) is 2.38. The van der Waals surface area contributed by atoms with Crippen molar-refractivity contribution in [3.05, 3.63) is 68.5 Å². The Hall–Kier alpha value is -3.50. The molecule has 0 bridgehead atoms. The van der Waals surface area contributed by atoms with Gasteiger partial charge in [0.05, 0.1) is 24.2 Å². The van der Waals surface area contributed by atoms with Crippen LogP contribution >= 0.6 is 22.7 Å². The van der Waals surface area contributed by atoms with Crippen LogP contribution in [0, 0.1) is 0 Å². The van der Waals surface area contributed by atoms with Crippen molar-refractivity contribution in [3.63, 3.8) is 0 Å². The minimum absolute atomic E-state index is 0.199. The molecule has 0 saturated carbocycles. The van der Waals surface area contributed by atoms with Crippen LogP contribution in [0.15, 0.2) is 58.3 Å². The molecule has 160 valence electrons. The number of rotatable bonds is 9. The van der Waals surface area contributed by atoms with Gasteiger partial charge in [0.1, 0.15) is 4.88 Å². The zero-order valence-corrected chi connectivity index (χ0v) is 18.1. The van der Waals surface area contributed by atoms with E-state index in [0.717, 1.165) is 0 Å². The molecule has 0 aliphatic heterocycles. The van der Waals surface area contributed by atoms with E-state index in [0.29, 0.717) is 27.7 Å². The first kappa shape index (κ1) is 22.2. The van der Waals surface area contributed by atoms with Gasteiger partial charge in [-0.2, -0.15) is 5.10 Å². The largest absolute Gasteiger partial charge is 0.490 e. The Bertz CT molecular complexity index is 1060. The first-order valence-corrected chi connectivity index (χ1v) is 11.0. The normalized spacial score (nSPS) is 10.6. The van der Waals surface area contributed by atoms with Crippen LogP contribution in [0.25, 0.3) is 0 Å². The van der Waals surface area contributed by atoms with E-state index < -0.39 is 11.9 Å². The molecule has 2 aromatic heterocycles. The summed E-state index contributed by atoms with van der Waals surface area (Å²) in [5.41, 5.74) is 2.97. The van der Waals surface area contributed by atoms with E-state index in [1.807, 2.05) is 6.92 Å². The molecule has 2 heterocycles. The maximum absolute atomic E-state index is 12.2. The highest BCUT2D eigenvalue weighted by Crippen LogP contribution is 2.29. The molecule has 0 radical (unpaired) electrons. The molecule has 2 amide bonds. The first-order chi connectivity index (χ1) is 15.1. The second-order valence-electron chi connectivity index (χ2n) is 5.96. The maximum atomic E-state index is 12.2. The van der Waals surface area contributed by atoms with Crippen LogP contribution in [0.2, 0.25) is 0 Å². The number of benzene rings is 1. The van der Waals surface area contributed by atoms with E-state index in [1.165, 1.54) is 28.9 Å². The molecule has 0 fully saturated rings. The predicted molar refractivity (Wildman–Crippen MR) is 119 cm³/mol. The zero-order valence-electron chi connectivity index (χ0n) is 16.5. The summed E-state index contributed by atoms with van der Waals surface area (Å²) < 4.78 is 11.0. The fourth-order valence-corrected chi connectivity index (χ4v) is 3.62. The van der Waals surface area contributed by atoms with E-state index in [2.05, 4.69) is 15.8 Å². The summed E-state index contributed by atoms with van der Waals surface area (Å²) in [6, 6.07) is 11.8. The summed E-state index contributed by atoms with van der Waals surface area (Å²) in [6.07, 6.45) is 1.42. The van der Waals surface area contributed by atoms with Gasteiger partial charge < -0.3 is 14.8 Å². The van der Waals surface area contributed by atoms with Crippen LogP contribution in [0.3, 0.4) is 0 Å². The lowest BCUT2D eigenvalue weighted by molar-refractivity contribution is -0.120. The Kier molecular flexibility index (Phi) is 7.91. The molecule has 3 rings (SSSR count). The molecule has 0 aliphatic rings. The van der Waals surface area contributed by atoms with E-state index in [9.17, 15) is 14.4 Å². The van der Waals surface area contributed by atoms with Gasteiger partial charge in [-0.15, -0.1) is 22.7 Å². The Labute approximate surface area is 186 Å². The number of thiophene rings is 2. The van der Waals surface area contributed by atoms with Crippen LogP contribution in [0.1, 0.15) is 31.8 Å². The minimum atomic E-state index is -0.465. The highest BCUT2D eigenvalue weighted by Gasteiger charge is 2.14. The molecule has 0 spiro atoms. The molecular formula is C21H19N3O5S2. The van der Waals surface area contributed by atoms with Crippen molar-refractivity contribution in [2.45, 2.75) is 6.92 Å². The quantitative estimate of drug-likeness (QED) is 0.222. The summed E-state index contributed by atoms with van der Waals surface area (Å²) in [7, 11) is 0. The van der Waals surface area contributed by atoms with Crippen LogP contribution in [-0.2, 0) is 4.79 Å². The second kappa shape index (κ2) is 11.0. The van der Waals surface area contributed by atoms with Gasteiger partial charge in [-0.05, 0) is 53.6 Å². The molecule has 0 atom stereocenters. The number of carbonyl (C=O) groups is 3. The summed E-state index contributed by atoms with van der Waals surface area (Å²) in [5, 5.41) is 9.97. The third-order valence-corrected chi connectivity index (χ3v) is 5.47. The van der Waals surface area contributed by atoms with Crippen molar-refractivity contribution in [1.82, 2.24) is 10.7 Å². The Morgan fingerprint density at radius 3 is 2.45 bits per heavy atom. The van der Waals surface area contributed by atoms with Crippen LogP contribution in [0.5, 0.6) is 11.5 Å². The van der Waals surface area contributed by atoms with Gasteiger partial charge in [0.25, 0.3) is 11.8 Å². The average molecular weight is 458 g/mol. The van der Waals surface area contributed by atoms with Crippen LogP contribution in [0.4, 0.5) is 0 Å². The van der Waals surface area contributed by atoms with Crippen molar-refractivity contribution in [3.8, 4) is 11.5 Å². The molecule has 0 unspecified atom stereocenters. The number of nitrogens with one attached hydrogen (secondary N) is 2. The van der Waals surface area contributed by atoms with Crippen molar-refractivity contribution in [2.24, 2.45) is 5.10 Å². The van der Waals surface area contributed by atoms with Crippen molar-refractivity contribution in [2.75, 3.05) is 13.2 Å². The SMILES string of the molecule is CCOc1cc(/C=N\NC(=O)CNC(=O)c2cccs2)ccc1OC(=O)c1cccs1. The summed E-state index contributed by atoms with van der Waals surface area (Å²) in [5.74, 6) is -0.575. The monoisotopic (exact) mass is 457 g/mol. The molecule has 2 N–H and O–H groups in total. The van der Waals surface area contributed by atoms with E-state index in [1.54, 1.807) is 53.2 Å². The molecule has 0 saturated heterocycles. The van der Waals surface area contributed by atoms with Crippen molar-refractivity contribution < 1.29 is 23.9 Å². The number of hydrogen-bond acceptors (Lipinski definition) is 8. The van der Waals surface area contributed by atoms with Gasteiger partial charge in [-0.1, -0.05) is 12.1 Å². The van der Waals surface area contributed by atoms with E-state index in [4.69, 9.17) is 9.47 Å². The highest BCUT2D eigenvalue weighted by atomic mass is 32.1. The third kappa shape index (κ3) is 6.49. The maximum Gasteiger partial charge on any atom is 0.353 e. The smallest absolute Gasteiger partial charge is 0.353 e. The lowest BCUT2D eigenvalue weighted by atomic mass is 10.2. The van der Waals surface area contributed by atoms with Crippen molar-refractivity contribution >= 4 is 46.7 Å². The molecule has 3 aromatic rings. The topological polar surface area (TPSA) is 106 Å². The minimum Gasteiger partial charge on any atom is -0.490 e. The molecular weight excluding hydrogens is 438 g/mol. The Morgan fingerprint density at radius 1 is 1.03 bits per heavy atom. The number of carbonyl (C=O) groups excluding carboxylic acids is 3. The van der Waals surface area contributed by atoms with Gasteiger partial charge in [-0.25, -0.2) is 10.2 Å². The summed E-state index contributed by atoms with van der Waals surface area (Å²) in [4.78, 5) is 36.9. The summed E-state index contributed by atoms with van der Waals surface area (Å²) in [6.45, 7) is 2.00. The fraction of sp³-hybridized carbons (Fsp3) is 0.143. The Morgan fingerprint density at radius 2 is 1.77 bits per heavy atom. The van der Waals surface area contributed by atoms with E-state index in [-0.39, 0.29) is 18.2 Å². The molecule has 1 aromatic carbocycles. The zero-order chi connectivity index (χ0) is 22.1. The van der Waals surface area contributed by atoms with Crippen LogP contribution in [-0.4, -0.2) is 37.1 Å². The predicted octanol–water partition coefficient (Wildman–Crippen LogP) is 3.31. The number of hydrazone groups is 1. The van der Waals surface area contributed by atoms with Gasteiger partial charge in [0, 0.05) is 0 Å². The van der Waals surface area contributed by atoms with Gasteiger partial charge in [0.2, 0.25) is 0 Å². The number of esters is 1. The molecule has 8 nitrogen and oxygen atoms in total. The lowest BCUT2D eigenvalue weighted by Gasteiger charge is -2.10. The number of nitrogens with zero attached hydrogens (tertiary/aromatic N) is 1. The van der Waals surface area contributed by atoms with E-state index >= 15 is 0 Å². The number of ether oxygens (including phenoxy) is 2. The number of hydrogen-bond donors (Lipinski definition) is 2. The molecule has 31 heavy (non-hydrogen) atoms. The number of amides is 2. The lowest BCUT2D eigenvalue weighted by Crippen LogP contribution is -2.34. The Balaban J connectivity index is 1.56. The molecule has 0 aliphatic carbocycles. The first-order valence-electron chi connectivity index (χ1n) is 9.23.